The molecule has 0 saturated carbocycles. The molecule has 2 aromatic carbocycles. The van der Waals surface area contributed by atoms with Crippen LogP contribution in [-0.4, -0.2) is 17.0 Å². The molecule has 0 aliphatic rings. The summed E-state index contributed by atoms with van der Waals surface area (Å²) in [4.78, 5) is 22.8. The third-order valence-electron chi connectivity index (χ3n) is 3.27. The number of hydrogen-bond acceptors (Lipinski definition) is 2. The topological polar surface area (TPSA) is 66.4 Å². The van der Waals surface area contributed by atoms with Gasteiger partial charge in [-0.25, -0.2) is 4.79 Å². The number of aryl methyl sites for hydroxylation is 2. The van der Waals surface area contributed by atoms with E-state index in [0.717, 1.165) is 16.7 Å². The third-order valence-corrected chi connectivity index (χ3v) is 3.27. The summed E-state index contributed by atoms with van der Waals surface area (Å²) >= 11 is 0. The van der Waals surface area contributed by atoms with Gasteiger partial charge in [-0.05, 0) is 49.2 Å². The molecule has 2 N–H and O–H groups in total. The van der Waals surface area contributed by atoms with E-state index in [0.29, 0.717) is 12.1 Å². The SMILES string of the molecule is Cc1ccc(C)c(CC(=O)Nc2ccc(C(=O)O)cc2)c1. The van der Waals surface area contributed by atoms with Crippen molar-refractivity contribution < 1.29 is 14.7 Å². The first-order valence-corrected chi connectivity index (χ1v) is 6.65. The van der Waals surface area contributed by atoms with Crippen molar-refractivity contribution in [2.24, 2.45) is 0 Å². The number of carboxylic acids is 1. The van der Waals surface area contributed by atoms with Crippen LogP contribution >= 0.6 is 0 Å². The van der Waals surface area contributed by atoms with E-state index in [1.54, 1.807) is 12.1 Å². The van der Waals surface area contributed by atoms with Gasteiger partial charge in [-0.2, -0.15) is 0 Å². The van der Waals surface area contributed by atoms with Gasteiger partial charge < -0.3 is 10.4 Å². The minimum Gasteiger partial charge on any atom is -0.478 e. The summed E-state index contributed by atoms with van der Waals surface area (Å²) in [6.45, 7) is 3.97. The predicted octanol–water partition coefficient (Wildman–Crippen LogP) is 3.18. The molecule has 0 radical (unpaired) electrons. The fourth-order valence-corrected chi connectivity index (χ4v) is 2.07. The lowest BCUT2D eigenvalue weighted by molar-refractivity contribution is -0.115. The molecule has 2 rings (SSSR count). The normalized spacial score (nSPS) is 10.2. The first-order chi connectivity index (χ1) is 9.95. The quantitative estimate of drug-likeness (QED) is 0.905. The highest BCUT2D eigenvalue weighted by Crippen LogP contribution is 2.14. The fraction of sp³-hybridized carbons (Fsp3) is 0.176. The molecule has 2 aromatic rings. The van der Waals surface area contributed by atoms with E-state index in [4.69, 9.17) is 5.11 Å². The summed E-state index contributed by atoms with van der Waals surface area (Å²) in [5, 5.41) is 11.6. The average Bonchev–Trinajstić information content (AvgIpc) is 2.43. The van der Waals surface area contributed by atoms with E-state index in [1.807, 2.05) is 32.0 Å². The standard InChI is InChI=1S/C17H17NO3/c1-11-3-4-12(2)14(9-11)10-16(19)18-15-7-5-13(6-8-15)17(20)21/h3-9H,10H2,1-2H3,(H,18,19)(H,20,21). The van der Waals surface area contributed by atoms with Gasteiger partial charge in [0, 0.05) is 5.69 Å². The molecule has 0 saturated heterocycles. The van der Waals surface area contributed by atoms with Crippen molar-refractivity contribution in [3.05, 3.63) is 64.7 Å². The van der Waals surface area contributed by atoms with E-state index < -0.39 is 5.97 Å². The molecule has 0 bridgehead atoms. The molecular weight excluding hydrogens is 266 g/mol. The number of anilines is 1. The van der Waals surface area contributed by atoms with Gasteiger partial charge in [-0.1, -0.05) is 23.8 Å². The number of rotatable bonds is 4. The maximum Gasteiger partial charge on any atom is 0.335 e. The summed E-state index contributed by atoms with van der Waals surface area (Å²) in [6, 6.07) is 12.1. The van der Waals surface area contributed by atoms with Crippen molar-refractivity contribution in [2.75, 3.05) is 5.32 Å². The lowest BCUT2D eigenvalue weighted by Gasteiger charge is -2.08. The number of amides is 1. The highest BCUT2D eigenvalue weighted by molar-refractivity contribution is 5.93. The van der Waals surface area contributed by atoms with Crippen LogP contribution in [0, 0.1) is 13.8 Å². The van der Waals surface area contributed by atoms with Crippen LogP contribution in [0.3, 0.4) is 0 Å². The van der Waals surface area contributed by atoms with E-state index in [-0.39, 0.29) is 11.5 Å². The Bertz CT molecular complexity index is 675. The Kier molecular flexibility index (Phi) is 4.38. The molecule has 0 spiro atoms. The van der Waals surface area contributed by atoms with Gasteiger partial charge in [0.25, 0.3) is 0 Å². The van der Waals surface area contributed by atoms with Gasteiger partial charge in [0.2, 0.25) is 5.91 Å². The van der Waals surface area contributed by atoms with Crippen molar-refractivity contribution >= 4 is 17.6 Å². The van der Waals surface area contributed by atoms with Gasteiger partial charge >= 0.3 is 5.97 Å². The minimum atomic E-state index is -0.983. The molecule has 0 atom stereocenters. The number of benzene rings is 2. The van der Waals surface area contributed by atoms with E-state index in [2.05, 4.69) is 5.32 Å². The average molecular weight is 283 g/mol. The molecule has 1 amide bonds. The summed E-state index contributed by atoms with van der Waals surface area (Å²) in [7, 11) is 0. The van der Waals surface area contributed by atoms with Gasteiger partial charge in [-0.15, -0.1) is 0 Å². The smallest absolute Gasteiger partial charge is 0.335 e. The van der Waals surface area contributed by atoms with E-state index in [9.17, 15) is 9.59 Å². The number of aromatic carboxylic acids is 1. The van der Waals surface area contributed by atoms with Gasteiger partial charge in [0.1, 0.15) is 0 Å². The molecule has 0 aliphatic carbocycles. The van der Waals surface area contributed by atoms with Gasteiger partial charge in [0.05, 0.1) is 12.0 Å². The zero-order valence-electron chi connectivity index (χ0n) is 12.0. The van der Waals surface area contributed by atoms with Gasteiger partial charge in [-0.3, -0.25) is 4.79 Å². The molecule has 0 heterocycles. The largest absolute Gasteiger partial charge is 0.478 e. The summed E-state index contributed by atoms with van der Waals surface area (Å²) in [6.07, 6.45) is 0.300. The second-order valence-electron chi connectivity index (χ2n) is 5.04. The van der Waals surface area contributed by atoms with E-state index in [1.165, 1.54) is 12.1 Å². The molecule has 4 heteroatoms. The van der Waals surface area contributed by atoms with E-state index >= 15 is 0 Å². The Morgan fingerprint density at radius 3 is 2.33 bits per heavy atom. The van der Waals surface area contributed by atoms with Crippen LogP contribution in [0.2, 0.25) is 0 Å². The molecule has 0 aromatic heterocycles. The maximum atomic E-state index is 12.0. The minimum absolute atomic E-state index is 0.119. The Labute approximate surface area is 123 Å². The number of carbonyl (C=O) groups is 2. The zero-order chi connectivity index (χ0) is 15.4. The van der Waals surface area contributed by atoms with Gasteiger partial charge in [0.15, 0.2) is 0 Å². The summed E-state index contributed by atoms with van der Waals surface area (Å²) in [5.74, 6) is -1.10. The molecule has 21 heavy (non-hydrogen) atoms. The third kappa shape index (κ3) is 3.92. The molecule has 108 valence electrons. The van der Waals surface area contributed by atoms with Crippen LogP contribution in [0.4, 0.5) is 5.69 Å². The van der Waals surface area contributed by atoms with Crippen LogP contribution < -0.4 is 5.32 Å². The number of carboxylic acid groups (broad SMARTS) is 1. The second kappa shape index (κ2) is 6.22. The highest BCUT2D eigenvalue weighted by Gasteiger charge is 2.08. The van der Waals surface area contributed by atoms with Crippen LogP contribution in [0.25, 0.3) is 0 Å². The maximum absolute atomic E-state index is 12.0. The van der Waals surface area contributed by atoms with Crippen molar-refractivity contribution in [3.8, 4) is 0 Å². The highest BCUT2D eigenvalue weighted by atomic mass is 16.4. The fourth-order valence-electron chi connectivity index (χ4n) is 2.07. The van der Waals surface area contributed by atoms with Crippen LogP contribution in [-0.2, 0) is 11.2 Å². The number of nitrogens with one attached hydrogen (secondary N) is 1. The monoisotopic (exact) mass is 283 g/mol. The van der Waals surface area contributed by atoms with Crippen LogP contribution in [0.1, 0.15) is 27.0 Å². The zero-order valence-corrected chi connectivity index (χ0v) is 12.0. The van der Waals surface area contributed by atoms with Crippen LogP contribution in [0.5, 0.6) is 0 Å². The first-order valence-electron chi connectivity index (χ1n) is 6.65. The lowest BCUT2D eigenvalue weighted by Crippen LogP contribution is -2.15. The van der Waals surface area contributed by atoms with Crippen molar-refractivity contribution in [1.82, 2.24) is 0 Å². The molecule has 4 nitrogen and oxygen atoms in total. The predicted molar refractivity (Wildman–Crippen MR) is 81.7 cm³/mol. The Hall–Kier alpha value is -2.62. The molecular formula is C17H17NO3. The molecule has 0 fully saturated rings. The lowest BCUT2D eigenvalue weighted by atomic mass is 10.0. The summed E-state index contributed by atoms with van der Waals surface area (Å²) in [5.41, 5.74) is 3.98. The Balaban J connectivity index is 2.04. The summed E-state index contributed by atoms with van der Waals surface area (Å²) < 4.78 is 0. The Morgan fingerprint density at radius 1 is 1.05 bits per heavy atom. The molecule has 0 unspecified atom stereocenters. The van der Waals surface area contributed by atoms with Crippen LogP contribution in [0.15, 0.2) is 42.5 Å². The first kappa shape index (κ1) is 14.8. The Morgan fingerprint density at radius 2 is 1.71 bits per heavy atom. The van der Waals surface area contributed by atoms with Crippen molar-refractivity contribution in [3.63, 3.8) is 0 Å². The molecule has 0 aliphatic heterocycles. The number of hydrogen-bond donors (Lipinski definition) is 2. The van der Waals surface area contributed by atoms with Crippen molar-refractivity contribution in [1.29, 1.82) is 0 Å². The number of carbonyl (C=O) groups excluding carboxylic acids is 1. The van der Waals surface area contributed by atoms with Crippen molar-refractivity contribution in [2.45, 2.75) is 20.3 Å². The second-order valence-corrected chi connectivity index (χ2v) is 5.04.